The van der Waals surface area contributed by atoms with Crippen molar-refractivity contribution >= 4 is 5.65 Å². The Morgan fingerprint density at radius 2 is 2.14 bits per heavy atom. The second-order valence-electron chi connectivity index (χ2n) is 5.36. The molecule has 0 radical (unpaired) electrons. The van der Waals surface area contributed by atoms with Gasteiger partial charge in [0, 0.05) is 30.0 Å². The lowest BCUT2D eigenvalue weighted by molar-refractivity contribution is 0.192. The number of fused-ring (bicyclic) bond motifs is 1. The van der Waals surface area contributed by atoms with Crippen LogP contribution in [0, 0.1) is 13.8 Å². The standard InChI is InChI=1S/C14H15N5O2/c1-8-5-9(2)19-12(15-8)6-11(17-19)14-16-13(18-21-14)10-3-4-20-7-10/h5-6,10H,3-4,7H2,1-2H3/t10-/m1/s1. The van der Waals surface area contributed by atoms with Crippen molar-refractivity contribution in [1.29, 1.82) is 0 Å². The van der Waals surface area contributed by atoms with E-state index in [0.29, 0.717) is 24.0 Å². The van der Waals surface area contributed by atoms with Crippen LogP contribution in [0.1, 0.15) is 29.6 Å². The zero-order valence-corrected chi connectivity index (χ0v) is 11.9. The predicted octanol–water partition coefficient (Wildman–Crippen LogP) is 1.90. The van der Waals surface area contributed by atoms with Gasteiger partial charge in [0.15, 0.2) is 17.2 Å². The van der Waals surface area contributed by atoms with Crippen LogP contribution in [0.15, 0.2) is 16.7 Å². The van der Waals surface area contributed by atoms with E-state index in [2.05, 4.69) is 20.2 Å². The van der Waals surface area contributed by atoms with Gasteiger partial charge in [-0.1, -0.05) is 5.16 Å². The molecule has 3 aromatic heterocycles. The first-order chi connectivity index (χ1) is 10.2. The summed E-state index contributed by atoms with van der Waals surface area (Å²) < 4.78 is 12.5. The van der Waals surface area contributed by atoms with E-state index in [-0.39, 0.29) is 5.92 Å². The number of aromatic nitrogens is 5. The topological polar surface area (TPSA) is 78.3 Å². The third-order valence-corrected chi connectivity index (χ3v) is 3.69. The molecule has 0 N–H and O–H groups in total. The molecule has 1 atom stereocenters. The van der Waals surface area contributed by atoms with Gasteiger partial charge in [-0.2, -0.15) is 10.1 Å². The summed E-state index contributed by atoms with van der Waals surface area (Å²) in [7, 11) is 0. The van der Waals surface area contributed by atoms with E-state index in [4.69, 9.17) is 9.26 Å². The minimum absolute atomic E-state index is 0.224. The number of hydrogen-bond acceptors (Lipinski definition) is 6. The van der Waals surface area contributed by atoms with E-state index >= 15 is 0 Å². The first kappa shape index (κ1) is 12.5. The molecule has 0 bridgehead atoms. The Morgan fingerprint density at radius 1 is 1.24 bits per heavy atom. The van der Waals surface area contributed by atoms with Crippen molar-refractivity contribution in [2.24, 2.45) is 0 Å². The summed E-state index contributed by atoms with van der Waals surface area (Å²) in [6.45, 7) is 5.37. The van der Waals surface area contributed by atoms with E-state index in [9.17, 15) is 0 Å². The average Bonchev–Trinajstić information content (AvgIpc) is 3.18. The highest BCUT2D eigenvalue weighted by atomic mass is 16.5. The van der Waals surface area contributed by atoms with E-state index in [1.807, 2.05) is 26.0 Å². The maximum atomic E-state index is 5.35. The second kappa shape index (κ2) is 4.63. The van der Waals surface area contributed by atoms with Crippen molar-refractivity contribution in [3.05, 3.63) is 29.3 Å². The lowest BCUT2D eigenvalue weighted by Crippen LogP contribution is -1.99. The molecular formula is C14H15N5O2. The van der Waals surface area contributed by atoms with Gasteiger partial charge in [-0.25, -0.2) is 9.50 Å². The molecule has 0 amide bonds. The van der Waals surface area contributed by atoms with Gasteiger partial charge in [-0.05, 0) is 26.3 Å². The van der Waals surface area contributed by atoms with E-state index in [1.54, 1.807) is 4.52 Å². The highest BCUT2D eigenvalue weighted by Gasteiger charge is 2.24. The number of nitrogens with zero attached hydrogens (tertiary/aromatic N) is 5. The molecule has 0 aromatic carbocycles. The van der Waals surface area contributed by atoms with Gasteiger partial charge in [-0.15, -0.1) is 0 Å². The minimum atomic E-state index is 0.224. The van der Waals surface area contributed by atoms with Crippen LogP contribution in [0.2, 0.25) is 0 Å². The molecule has 4 heterocycles. The fourth-order valence-electron chi connectivity index (χ4n) is 2.63. The van der Waals surface area contributed by atoms with Crippen LogP contribution < -0.4 is 0 Å². The third-order valence-electron chi connectivity index (χ3n) is 3.69. The highest BCUT2D eigenvalue weighted by molar-refractivity contribution is 5.56. The van der Waals surface area contributed by atoms with E-state index in [1.165, 1.54) is 0 Å². The first-order valence-electron chi connectivity index (χ1n) is 6.96. The quantitative estimate of drug-likeness (QED) is 0.715. The Bertz CT molecular complexity index is 801. The summed E-state index contributed by atoms with van der Waals surface area (Å²) in [4.78, 5) is 8.91. The molecular weight excluding hydrogens is 270 g/mol. The van der Waals surface area contributed by atoms with Crippen molar-refractivity contribution < 1.29 is 9.26 Å². The lowest BCUT2D eigenvalue weighted by Gasteiger charge is -1.98. The molecule has 1 fully saturated rings. The first-order valence-corrected chi connectivity index (χ1v) is 6.96. The highest BCUT2D eigenvalue weighted by Crippen LogP contribution is 2.25. The summed E-state index contributed by atoms with van der Waals surface area (Å²) in [5, 5.41) is 8.54. The fraction of sp³-hybridized carbons (Fsp3) is 0.429. The van der Waals surface area contributed by atoms with Gasteiger partial charge >= 0.3 is 0 Å². The van der Waals surface area contributed by atoms with Crippen LogP contribution in [-0.4, -0.2) is 38.0 Å². The molecule has 1 aliphatic heterocycles. The van der Waals surface area contributed by atoms with Crippen LogP contribution in [0.3, 0.4) is 0 Å². The Balaban J connectivity index is 1.74. The van der Waals surface area contributed by atoms with Crippen LogP contribution in [-0.2, 0) is 4.74 Å². The SMILES string of the molecule is Cc1cc(C)n2nc(-c3nc([C@@H]4CCOC4)no3)cc2n1. The van der Waals surface area contributed by atoms with Crippen molar-refractivity contribution in [1.82, 2.24) is 24.7 Å². The summed E-state index contributed by atoms with van der Waals surface area (Å²) in [5.74, 6) is 1.35. The summed E-state index contributed by atoms with van der Waals surface area (Å²) in [6, 6.07) is 3.85. The number of aryl methyl sites for hydroxylation is 2. The maximum absolute atomic E-state index is 5.35. The van der Waals surface area contributed by atoms with E-state index in [0.717, 1.165) is 30.1 Å². The molecule has 0 spiro atoms. The van der Waals surface area contributed by atoms with Gasteiger partial charge in [0.1, 0.15) is 0 Å². The van der Waals surface area contributed by atoms with Gasteiger partial charge < -0.3 is 9.26 Å². The van der Waals surface area contributed by atoms with E-state index < -0.39 is 0 Å². The van der Waals surface area contributed by atoms with Crippen LogP contribution >= 0.6 is 0 Å². The van der Waals surface area contributed by atoms with Gasteiger partial charge in [0.05, 0.1) is 6.61 Å². The summed E-state index contributed by atoms with van der Waals surface area (Å²) in [5.41, 5.74) is 3.41. The average molecular weight is 285 g/mol. The van der Waals surface area contributed by atoms with Crippen molar-refractivity contribution in [3.8, 4) is 11.6 Å². The molecule has 1 aliphatic rings. The Kier molecular flexibility index (Phi) is 2.75. The van der Waals surface area contributed by atoms with Crippen LogP contribution in [0.5, 0.6) is 0 Å². The molecule has 0 saturated carbocycles. The van der Waals surface area contributed by atoms with Crippen molar-refractivity contribution in [2.45, 2.75) is 26.2 Å². The number of ether oxygens (including phenoxy) is 1. The largest absolute Gasteiger partial charge is 0.381 e. The molecule has 0 aliphatic carbocycles. The Morgan fingerprint density at radius 3 is 2.95 bits per heavy atom. The zero-order chi connectivity index (χ0) is 14.4. The van der Waals surface area contributed by atoms with Gasteiger partial charge in [-0.3, -0.25) is 0 Å². The molecule has 3 aromatic rings. The second-order valence-corrected chi connectivity index (χ2v) is 5.36. The number of rotatable bonds is 2. The fourth-order valence-corrected chi connectivity index (χ4v) is 2.63. The third kappa shape index (κ3) is 2.09. The minimum Gasteiger partial charge on any atom is -0.381 e. The number of hydrogen-bond donors (Lipinski definition) is 0. The Hall–Kier alpha value is -2.28. The molecule has 21 heavy (non-hydrogen) atoms. The predicted molar refractivity (Wildman–Crippen MR) is 73.9 cm³/mol. The lowest BCUT2D eigenvalue weighted by atomic mass is 10.1. The van der Waals surface area contributed by atoms with Gasteiger partial charge in [0.2, 0.25) is 0 Å². The van der Waals surface area contributed by atoms with Gasteiger partial charge in [0.25, 0.3) is 5.89 Å². The monoisotopic (exact) mass is 285 g/mol. The molecule has 7 nitrogen and oxygen atoms in total. The van der Waals surface area contributed by atoms with Crippen LogP contribution in [0.4, 0.5) is 0 Å². The zero-order valence-electron chi connectivity index (χ0n) is 11.9. The molecule has 7 heteroatoms. The van der Waals surface area contributed by atoms with Crippen LogP contribution in [0.25, 0.3) is 17.2 Å². The molecule has 4 rings (SSSR count). The van der Waals surface area contributed by atoms with Crippen molar-refractivity contribution in [2.75, 3.05) is 13.2 Å². The molecule has 108 valence electrons. The molecule has 1 saturated heterocycles. The smallest absolute Gasteiger partial charge is 0.278 e. The van der Waals surface area contributed by atoms with Crippen molar-refractivity contribution in [3.63, 3.8) is 0 Å². The summed E-state index contributed by atoms with van der Waals surface area (Å²) >= 11 is 0. The molecule has 0 unspecified atom stereocenters. The normalized spacial score (nSPS) is 18.7. The Labute approximate surface area is 120 Å². The maximum Gasteiger partial charge on any atom is 0.278 e. The summed E-state index contributed by atoms with van der Waals surface area (Å²) in [6.07, 6.45) is 0.935.